The molecule has 0 bridgehead atoms. The molecule has 3 rings (SSSR count). The summed E-state index contributed by atoms with van der Waals surface area (Å²) in [5.74, 6) is 1.73. The molecule has 0 heterocycles. The highest BCUT2D eigenvalue weighted by atomic mass is 16.6. The molecular weight excluding hydrogens is 264 g/mol. The van der Waals surface area contributed by atoms with Crippen molar-refractivity contribution in [1.82, 2.24) is 0 Å². The zero-order valence-electron chi connectivity index (χ0n) is 12.7. The van der Waals surface area contributed by atoms with Crippen LogP contribution in [0.15, 0.2) is 18.2 Å². The fourth-order valence-electron chi connectivity index (χ4n) is 4.15. The van der Waals surface area contributed by atoms with E-state index in [-0.39, 0.29) is 10.6 Å². The van der Waals surface area contributed by atoms with Crippen molar-refractivity contribution in [2.45, 2.75) is 57.9 Å². The maximum Gasteiger partial charge on any atom is 0.292 e. The second-order valence-electron chi connectivity index (χ2n) is 6.74. The van der Waals surface area contributed by atoms with Crippen LogP contribution in [-0.4, -0.2) is 11.0 Å². The van der Waals surface area contributed by atoms with Crippen molar-refractivity contribution >= 4 is 11.4 Å². The topological polar surface area (TPSA) is 55.2 Å². The summed E-state index contributed by atoms with van der Waals surface area (Å²) in [7, 11) is 0. The number of nitrogens with one attached hydrogen (secondary N) is 1. The Morgan fingerprint density at radius 2 is 1.90 bits per heavy atom. The van der Waals surface area contributed by atoms with Gasteiger partial charge in [0.15, 0.2) is 0 Å². The molecule has 2 fully saturated rings. The van der Waals surface area contributed by atoms with E-state index in [0.717, 1.165) is 23.8 Å². The molecule has 21 heavy (non-hydrogen) atoms. The molecule has 0 aromatic heterocycles. The van der Waals surface area contributed by atoms with Crippen LogP contribution in [-0.2, 0) is 0 Å². The number of nitro benzene ring substituents is 1. The molecular formula is C17H24N2O2. The largest absolute Gasteiger partial charge is 0.377 e. The van der Waals surface area contributed by atoms with E-state index in [9.17, 15) is 10.1 Å². The Balaban J connectivity index is 1.72. The van der Waals surface area contributed by atoms with Gasteiger partial charge in [0, 0.05) is 12.1 Å². The highest BCUT2D eigenvalue weighted by molar-refractivity contribution is 5.63. The average molecular weight is 288 g/mol. The minimum absolute atomic E-state index is 0.200. The van der Waals surface area contributed by atoms with Crippen LogP contribution >= 0.6 is 0 Å². The van der Waals surface area contributed by atoms with Crippen LogP contribution in [0.4, 0.5) is 11.4 Å². The number of anilines is 1. The van der Waals surface area contributed by atoms with Crippen LogP contribution in [0.25, 0.3) is 0 Å². The van der Waals surface area contributed by atoms with Crippen molar-refractivity contribution in [3.63, 3.8) is 0 Å². The second kappa shape index (κ2) is 6.04. The number of aryl methyl sites for hydroxylation is 1. The van der Waals surface area contributed by atoms with Gasteiger partial charge in [-0.3, -0.25) is 10.1 Å². The smallest absolute Gasteiger partial charge is 0.292 e. The van der Waals surface area contributed by atoms with Crippen LogP contribution in [0.2, 0.25) is 0 Å². The third-order valence-electron chi connectivity index (χ3n) is 5.25. The molecule has 1 aromatic carbocycles. The predicted molar refractivity (Wildman–Crippen MR) is 84.5 cm³/mol. The SMILES string of the molecule is Cc1ccc([N+](=O)[O-])c(NC2CCC3CCCCC3C2)c1. The minimum atomic E-state index is -0.284. The molecule has 2 aliphatic rings. The van der Waals surface area contributed by atoms with Crippen molar-refractivity contribution in [2.75, 3.05) is 5.32 Å². The van der Waals surface area contributed by atoms with Gasteiger partial charge in [-0.15, -0.1) is 0 Å². The van der Waals surface area contributed by atoms with Gasteiger partial charge in [0.2, 0.25) is 0 Å². The maximum absolute atomic E-state index is 11.2. The molecule has 0 amide bonds. The van der Waals surface area contributed by atoms with Gasteiger partial charge in [-0.2, -0.15) is 0 Å². The molecule has 4 nitrogen and oxygen atoms in total. The molecule has 0 saturated heterocycles. The Hall–Kier alpha value is -1.58. The number of hydrogen-bond donors (Lipinski definition) is 1. The first-order valence-corrected chi connectivity index (χ1v) is 8.15. The van der Waals surface area contributed by atoms with E-state index < -0.39 is 0 Å². The fourth-order valence-corrected chi connectivity index (χ4v) is 4.15. The van der Waals surface area contributed by atoms with Crippen molar-refractivity contribution in [3.05, 3.63) is 33.9 Å². The van der Waals surface area contributed by atoms with E-state index in [4.69, 9.17) is 0 Å². The molecule has 2 saturated carbocycles. The lowest BCUT2D eigenvalue weighted by molar-refractivity contribution is -0.384. The molecule has 3 unspecified atom stereocenters. The summed E-state index contributed by atoms with van der Waals surface area (Å²) in [5.41, 5.74) is 1.96. The summed E-state index contributed by atoms with van der Waals surface area (Å²) in [4.78, 5) is 10.9. The average Bonchev–Trinajstić information content (AvgIpc) is 2.47. The molecule has 114 valence electrons. The lowest BCUT2D eigenvalue weighted by Gasteiger charge is -2.39. The van der Waals surface area contributed by atoms with Crippen LogP contribution in [0.1, 0.15) is 50.5 Å². The van der Waals surface area contributed by atoms with E-state index in [1.54, 1.807) is 12.1 Å². The molecule has 4 heteroatoms. The Morgan fingerprint density at radius 1 is 1.14 bits per heavy atom. The van der Waals surface area contributed by atoms with Gasteiger partial charge < -0.3 is 5.32 Å². The zero-order chi connectivity index (χ0) is 14.8. The standard InChI is InChI=1S/C17H24N2O2/c1-12-6-9-17(19(20)21)16(10-12)18-15-8-7-13-4-2-3-5-14(13)11-15/h6,9-10,13-15,18H,2-5,7-8,11H2,1H3. The summed E-state index contributed by atoms with van der Waals surface area (Å²) in [6.45, 7) is 1.98. The van der Waals surface area contributed by atoms with Gasteiger partial charge in [0.25, 0.3) is 5.69 Å². The van der Waals surface area contributed by atoms with E-state index >= 15 is 0 Å². The number of nitro groups is 1. The van der Waals surface area contributed by atoms with Gasteiger partial charge in [0.05, 0.1) is 4.92 Å². The van der Waals surface area contributed by atoms with Crippen LogP contribution < -0.4 is 5.32 Å². The normalized spacial score (nSPS) is 28.7. The first-order chi connectivity index (χ1) is 10.1. The quantitative estimate of drug-likeness (QED) is 0.649. The first-order valence-electron chi connectivity index (χ1n) is 8.15. The Kier molecular flexibility index (Phi) is 4.13. The van der Waals surface area contributed by atoms with Gasteiger partial charge in [-0.1, -0.05) is 31.7 Å². The third-order valence-corrected chi connectivity index (χ3v) is 5.25. The fraction of sp³-hybridized carbons (Fsp3) is 0.647. The van der Waals surface area contributed by atoms with Gasteiger partial charge in [0.1, 0.15) is 5.69 Å². The monoisotopic (exact) mass is 288 g/mol. The molecule has 0 spiro atoms. The Bertz CT molecular complexity index is 530. The summed E-state index contributed by atoms with van der Waals surface area (Å²) in [6, 6.07) is 5.72. The molecule has 1 N–H and O–H groups in total. The van der Waals surface area contributed by atoms with E-state index in [2.05, 4.69) is 5.32 Å². The second-order valence-corrected chi connectivity index (χ2v) is 6.74. The third kappa shape index (κ3) is 3.20. The number of fused-ring (bicyclic) bond motifs is 1. The highest BCUT2D eigenvalue weighted by Crippen LogP contribution is 2.41. The Labute approximate surface area is 126 Å². The zero-order valence-corrected chi connectivity index (χ0v) is 12.7. The van der Waals surface area contributed by atoms with Crippen LogP contribution in [0.5, 0.6) is 0 Å². The Morgan fingerprint density at radius 3 is 2.67 bits per heavy atom. The molecule has 2 aliphatic carbocycles. The summed E-state index contributed by atoms with van der Waals surface area (Å²) in [6.07, 6.45) is 9.09. The molecule has 3 atom stereocenters. The summed E-state index contributed by atoms with van der Waals surface area (Å²) in [5, 5.41) is 14.6. The predicted octanol–water partition coefficient (Wildman–Crippen LogP) is 4.67. The number of nitrogens with zero attached hydrogens (tertiary/aromatic N) is 1. The van der Waals surface area contributed by atoms with Crippen LogP contribution in [0.3, 0.4) is 0 Å². The van der Waals surface area contributed by atoms with Gasteiger partial charge >= 0.3 is 0 Å². The van der Waals surface area contributed by atoms with Crippen LogP contribution in [0, 0.1) is 28.9 Å². The van der Waals surface area contributed by atoms with Crippen molar-refractivity contribution in [2.24, 2.45) is 11.8 Å². The van der Waals surface area contributed by atoms with Gasteiger partial charge in [-0.05, 0) is 49.7 Å². The van der Waals surface area contributed by atoms with Crippen molar-refractivity contribution in [1.29, 1.82) is 0 Å². The number of rotatable bonds is 3. The molecule has 0 radical (unpaired) electrons. The van der Waals surface area contributed by atoms with E-state index in [1.165, 1.54) is 38.5 Å². The molecule has 1 aromatic rings. The summed E-state index contributed by atoms with van der Waals surface area (Å²) >= 11 is 0. The molecule has 0 aliphatic heterocycles. The highest BCUT2D eigenvalue weighted by Gasteiger charge is 2.32. The maximum atomic E-state index is 11.2. The number of hydrogen-bond acceptors (Lipinski definition) is 3. The van der Waals surface area contributed by atoms with Gasteiger partial charge in [-0.25, -0.2) is 0 Å². The van der Waals surface area contributed by atoms with E-state index in [0.29, 0.717) is 11.7 Å². The summed E-state index contributed by atoms with van der Waals surface area (Å²) < 4.78 is 0. The minimum Gasteiger partial charge on any atom is -0.377 e. The van der Waals surface area contributed by atoms with E-state index in [1.807, 2.05) is 13.0 Å². The van der Waals surface area contributed by atoms with Crippen molar-refractivity contribution < 1.29 is 4.92 Å². The number of benzene rings is 1. The lowest BCUT2D eigenvalue weighted by atomic mass is 9.69. The first kappa shape index (κ1) is 14.4. The van der Waals surface area contributed by atoms with Crippen molar-refractivity contribution in [3.8, 4) is 0 Å². The lowest BCUT2D eigenvalue weighted by Crippen LogP contribution is -2.34.